The molecule has 104 valence electrons. The van der Waals surface area contributed by atoms with Gasteiger partial charge in [-0.2, -0.15) is 0 Å². The molecule has 0 radical (unpaired) electrons. The van der Waals surface area contributed by atoms with Crippen LogP contribution in [-0.2, 0) is 4.74 Å². The molecular weight excluding hydrogens is 246 g/mol. The molecule has 5 nitrogen and oxygen atoms in total. The molecule has 1 N–H and O–H groups in total. The second-order valence-electron chi connectivity index (χ2n) is 4.62. The maximum absolute atomic E-state index is 10.7. The van der Waals surface area contributed by atoms with Crippen LogP contribution in [0.4, 0.5) is 0 Å². The van der Waals surface area contributed by atoms with E-state index in [1.807, 2.05) is 0 Å². The van der Waals surface area contributed by atoms with Crippen LogP contribution < -0.4 is 4.74 Å². The number of carbonyl (C=O) groups is 1. The van der Waals surface area contributed by atoms with Crippen LogP contribution in [0.25, 0.3) is 0 Å². The number of carboxylic acids is 1. The van der Waals surface area contributed by atoms with E-state index in [4.69, 9.17) is 14.6 Å². The van der Waals surface area contributed by atoms with Crippen molar-refractivity contribution in [1.82, 2.24) is 4.90 Å². The summed E-state index contributed by atoms with van der Waals surface area (Å²) >= 11 is 0. The lowest BCUT2D eigenvalue weighted by Crippen LogP contribution is -2.27. The summed E-state index contributed by atoms with van der Waals surface area (Å²) in [5.41, 5.74) is 0.273. The molecule has 1 aromatic carbocycles. The zero-order valence-corrected chi connectivity index (χ0v) is 11.0. The minimum absolute atomic E-state index is 0.273. The summed E-state index contributed by atoms with van der Waals surface area (Å²) in [5.74, 6) is -0.221. The van der Waals surface area contributed by atoms with Crippen LogP contribution in [0.1, 0.15) is 16.8 Å². The molecule has 19 heavy (non-hydrogen) atoms. The number of benzene rings is 1. The number of likely N-dealkylation sites (tertiary alicyclic amines) is 1. The molecule has 2 rings (SSSR count). The Bertz CT molecular complexity index is 418. The first kappa shape index (κ1) is 13.8. The lowest BCUT2D eigenvalue weighted by molar-refractivity contribution is 0.0697. The largest absolute Gasteiger partial charge is 0.492 e. The molecule has 0 bridgehead atoms. The molecule has 5 heteroatoms. The molecule has 1 atom stereocenters. The smallest absolute Gasteiger partial charge is 0.335 e. The minimum Gasteiger partial charge on any atom is -0.492 e. The zero-order valence-electron chi connectivity index (χ0n) is 11.0. The maximum Gasteiger partial charge on any atom is 0.335 e. The van der Waals surface area contributed by atoms with Gasteiger partial charge in [-0.25, -0.2) is 4.79 Å². The van der Waals surface area contributed by atoms with Crippen molar-refractivity contribution in [3.05, 3.63) is 29.8 Å². The lowest BCUT2D eigenvalue weighted by atomic mass is 10.2. The third-order valence-corrected chi connectivity index (χ3v) is 3.34. The molecule has 1 fully saturated rings. The summed E-state index contributed by atoms with van der Waals surface area (Å²) in [4.78, 5) is 13.0. The number of ether oxygens (including phenoxy) is 2. The van der Waals surface area contributed by atoms with Crippen molar-refractivity contribution >= 4 is 5.97 Å². The zero-order chi connectivity index (χ0) is 13.7. The normalized spacial score (nSPS) is 19.5. The Morgan fingerprint density at radius 1 is 1.42 bits per heavy atom. The Labute approximate surface area is 112 Å². The predicted molar refractivity (Wildman–Crippen MR) is 70.8 cm³/mol. The van der Waals surface area contributed by atoms with Crippen molar-refractivity contribution in [2.75, 3.05) is 33.4 Å². The summed E-state index contributed by atoms with van der Waals surface area (Å²) in [5, 5.41) is 8.78. The fourth-order valence-corrected chi connectivity index (χ4v) is 2.18. The van der Waals surface area contributed by atoms with E-state index in [1.165, 1.54) is 0 Å². The van der Waals surface area contributed by atoms with Crippen LogP contribution in [0.5, 0.6) is 5.75 Å². The number of hydrogen-bond donors (Lipinski definition) is 1. The molecule has 0 aromatic heterocycles. The number of hydrogen-bond acceptors (Lipinski definition) is 4. The number of nitrogens with zero attached hydrogens (tertiary/aromatic N) is 1. The Hall–Kier alpha value is -1.59. The molecule has 1 saturated heterocycles. The fraction of sp³-hybridized carbons (Fsp3) is 0.500. The summed E-state index contributed by atoms with van der Waals surface area (Å²) in [6.07, 6.45) is 1.42. The molecular formula is C14H19NO4. The van der Waals surface area contributed by atoms with Gasteiger partial charge in [-0.05, 0) is 30.7 Å². The molecule has 1 aliphatic heterocycles. The quantitative estimate of drug-likeness (QED) is 0.844. The third kappa shape index (κ3) is 3.94. The standard InChI is InChI=1S/C14H19NO4/c1-18-13-6-7-15(10-13)8-9-19-12-4-2-11(3-5-12)14(16)17/h2-5,13H,6-10H2,1H3,(H,16,17). The van der Waals surface area contributed by atoms with Crippen LogP contribution in [-0.4, -0.2) is 55.4 Å². The monoisotopic (exact) mass is 265 g/mol. The van der Waals surface area contributed by atoms with E-state index in [-0.39, 0.29) is 5.56 Å². The number of carboxylic acid groups (broad SMARTS) is 1. The van der Waals surface area contributed by atoms with Gasteiger partial charge in [0.05, 0.1) is 11.7 Å². The van der Waals surface area contributed by atoms with Crippen molar-refractivity contribution in [1.29, 1.82) is 0 Å². The SMILES string of the molecule is COC1CCN(CCOc2ccc(C(=O)O)cc2)C1. The Morgan fingerprint density at radius 3 is 2.74 bits per heavy atom. The van der Waals surface area contributed by atoms with E-state index >= 15 is 0 Å². The van der Waals surface area contributed by atoms with Gasteiger partial charge in [0.15, 0.2) is 0 Å². The van der Waals surface area contributed by atoms with Crippen molar-refractivity contribution in [3.63, 3.8) is 0 Å². The molecule has 0 aliphatic carbocycles. The van der Waals surface area contributed by atoms with E-state index < -0.39 is 5.97 Å². The Kier molecular flexibility index (Phi) is 4.76. The van der Waals surface area contributed by atoms with Crippen LogP contribution in [0.3, 0.4) is 0 Å². The molecule has 1 aliphatic rings. The predicted octanol–water partition coefficient (Wildman–Crippen LogP) is 1.48. The highest BCUT2D eigenvalue weighted by molar-refractivity contribution is 5.87. The van der Waals surface area contributed by atoms with Gasteiger partial charge in [0.1, 0.15) is 12.4 Å². The average Bonchev–Trinajstić information content (AvgIpc) is 2.87. The van der Waals surface area contributed by atoms with Gasteiger partial charge < -0.3 is 14.6 Å². The molecule has 0 spiro atoms. The summed E-state index contributed by atoms with van der Waals surface area (Å²) < 4.78 is 10.9. The first-order chi connectivity index (χ1) is 9.19. The van der Waals surface area contributed by atoms with Gasteiger partial charge in [0.2, 0.25) is 0 Å². The summed E-state index contributed by atoms with van der Waals surface area (Å²) in [6, 6.07) is 6.47. The number of rotatable bonds is 6. The van der Waals surface area contributed by atoms with Crippen molar-refractivity contribution in [3.8, 4) is 5.75 Å². The van der Waals surface area contributed by atoms with Gasteiger partial charge in [0.25, 0.3) is 0 Å². The van der Waals surface area contributed by atoms with E-state index in [0.717, 1.165) is 26.1 Å². The Balaban J connectivity index is 1.72. The van der Waals surface area contributed by atoms with Crippen molar-refractivity contribution in [2.45, 2.75) is 12.5 Å². The second kappa shape index (κ2) is 6.54. The lowest BCUT2D eigenvalue weighted by Gasteiger charge is -2.15. The van der Waals surface area contributed by atoms with E-state index in [1.54, 1.807) is 31.4 Å². The average molecular weight is 265 g/mol. The van der Waals surface area contributed by atoms with Crippen molar-refractivity contribution < 1.29 is 19.4 Å². The number of aromatic carboxylic acids is 1. The van der Waals surface area contributed by atoms with Gasteiger partial charge in [-0.15, -0.1) is 0 Å². The molecule has 1 aromatic rings. The topological polar surface area (TPSA) is 59.0 Å². The highest BCUT2D eigenvalue weighted by atomic mass is 16.5. The van der Waals surface area contributed by atoms with Crippen LogP contribution in [0, 0.1) is 0 Å². The Morgan fingerprint density at radius 2 is 2.16 bits per heavy atom. The fourth-order valence-electron chi connectivity index (χ4n) is 2.18. The van der Waals surface area contributed by atoms with Crippen LogP contribution in [0.15, 0.2) is 24.3 Å². The van der Waals surface area contributed by atoms with Crippen LogP contribution in [0.2, 0.25) is 0 Å². The first-order valence-electron chi connectivity index (χ1n) is 6.40. The van der Waals surface area contributed by atoms with E-state index in [0.29, 0.717) is 18.5 Å². The van der Waals surface area contributed by atoms with E-state index in [9.17, 15) is 4.79 Å². The van der Waals surface area contributed by atoms with E-state index in [2.05, 4.69) is 4.90 Å². The molecule has 1 heterocycles. The number of methoxy groups -OCH3 is 1. The highest BCUT2D eigenvalue weighted by Crippen LogP contribution is 2.14. The molecule has 0 amide bonds. The molecule has 0 saturated carbocycles. The first-order valence-corrected chi connectivity index (χ1v) is 6.40. The third-order valence-electron chi connectivity index (χ3n) is 3.34. The highest BCUT2D eigenvalue weighted by Gasteiger charge is 2.21. The minimum atomic E-state index is -0.922. The maximum atomic E-state index is 10.7. The van der Waals surface area contributed by atoms with Gasteiger partial charge in [0, 0.05) is 26.7 Å². The summed E-state index contributed by atoms with van der Waals surface area (Å²) in [7, 11) is 1.74. The van der Waals surface area contributed by atoms with Gasteiger partial charge >= 0.3 is 5.97 Å². The van der Waals surface area contributed by atoms with Gasteiger partial charge in [-0.1, -0.05) is 0 Å². The summed E-state index contributed by atoms with van der Waals surface area (Å²) in [6.45, 7) is 3.46. The van der Waals surface area contributed by atoms with Gasteiger partial charge in [-0.3, -0.25) is 4.90 Å². The van der Waals surface area contributed by atoms with Crippen molar-refractivity contribution in [2.24, 2.45) is 0 Å². The second-order valence-corrected chi connectivity index (χ2v) is 4.62. The van der Waals surface area contributed by atoms with Crippen LogP contribution >= 0.6 is 0 Å². The molecule has 1 unspecified atom stereocenters.